The molecule has 2 atom stereocenters. The van der Waals surface area contributed by atoms with Crippen LogP contribution in [-0.2, 0) is 10.0 Å². The van der Waals surface area contributed by atoms with Gasteiger partial charge in [-0.25, -0.2) is 17.2 Å². The van der Waals surface area contributed by atoms with Gasteiger partial charge in [0, 0.05) is 13.1 Å². The molecule has 0 unspecified atom stereocenters. The molecule has 0 saturated carbocycles. The Balaban J connectivity index is 2.39. The molecule has 1 saturated heterocycles. The van der Waals surface area contributed by atoms with Crippen LogP contribution in [0.3, 0.4) is 0 Å². The van der Waals surface area contributed by atoms with E-state index in [0.29, 0.717) is 13.1 Å². The number of hydrogen-bond donors (Lipinski definition) is 0. The summed E-state index contributed by atoms with van der Waals surface area (Å²) in [4.78, 5) is -0.575. The van der Waals surface area contributed by atoms with Gasteiger partial charge in [-0.1, -0.05) is 13.8 Å². The van der Waals surface area contributed by atoms with Crippen LogP contribution in [0.5, 0.6) is 0 Å². The van der Waals surface area contributed by atoms with Gasteiger partial charge >= 0.3 is 0 Å². The maximum Gasteiger partial charge on any atom is 0.246 e. The van der Waals surface area contributed by atoms with Crippen molar-refractivity contribution in [2.24, 2.45) is 11.8 Å². The highest BCUT2D eigenvalue weighted by Crippen LogP contribution is 2.28. The Hall–Kier alpha value is -1.01. The number of halogens is 2. The molecule has 0 bridgehead atoms. The lowest BCUT2D eigenvalue weighted by Crippen LogP contribution is -2.42. The average molecular weight is 289 g/mol. The first-order chi connectivity index (χ1) is 8.80. The van der Waals surface area contributed by atoms with Gasteiger partial charge in [-0.2, -0.15) is 4.31 Å². The van der Waals surface area contributed by atoms with E-state index in [4.69, 9.17) is 0 Å². The first-order valence-electron chi connectivity index (χ1n) is 6.26. The maximum atomic E-state index is 13.6. The Morgan fingerprint density at radius 3 is 2.32 bits per heavy atom. The van der Waals surface area contributed by atoms with Crippen LogP contribution in [0.4, 0.5) is 8.78 Å². The first kappa shape index (κ1) is 14.4. The first-order valence-corrected chi connectivity index (χ1v) is 7.70. The van der Waals surface area contributed by atoms with Crippen molar-refractivity contribution in [1.82, 2.24) is 4.31 Å². The van der Waals surface area contributed by atoms with Crippen molar-refractivity contribution >= 4 is 10.0 Å². The molecule has 1 fully saturated rings. The predicted octanol–water partition coefficient (Wildman–Crippen LogP) is 2.63. The Morgan fingerprint density at radius 1 is 1.16 bits per heavy atom. The molecule has 19 heavy (non-hydrogen) atoms. The zero-order valence-corrected chi connectivity index (χ0v) is 11.8. The van der Waals surface area contributed by atoms with E-state index in [0.717, 1.165) is 24.6 Å². The van der Waals surface area contributed by atoms with Crippen molar-refractivity contribution < 1.29 is 17.2 Å². The molecule has 2 rings (SSSR count). The number of benzene rings is 1. The van der Waals surface area contributed by atoms with Crippen molar-refractivity contribution in [3.05, 3.63) is 29.8 Å². The third-order valence-corrected chi connectivity index (χ3v) is 5.19. The van der Waals surface area contributed by atoms with Crippen LogP contribution in [0.25, 0.3) is 0 Å². The standard InChI is InChI=1S/C13H17F2NO2S/c1-9-5-10(2)8-16(7-9)19(17,18)13-6-11(14)3-4-12(13)15/h3-4,6,9-10H,5,7-8H2,1-2H3/t9-,10-/m0/s1. The zero-order valence-electron chi connectivity index (χ0n) is 10.9. The smallest absolute Gasteiger partial charge is 0.207 e. The van der Waals surface area contributed by atoms with Crippen molar-refractivity contribution in [2.75, 3.05) is 13.1 Å². The molecule has 6 heteroatoms. The number of piperidine rings is 1. The number of nitrogens with zero attached hydrogens (tertiary/aromatic N) is 1. The number of hydrogen-bond acceptors (Lipinski definition) is 2. The van der Waals surface area contributed by atoms with Gasteiger partial charge in [0.1, 0.15) is 16.5 Å². The van der Waals surface area contributed by atoms with E-state index >= 15 is 0 Å². The van der Waals surface area contributed by atoms with E-state index in [1.165, 1.54) is 4.31 Å². The number of sulfonamides is 1. The minimum Gasteiger partial charge on any atom is -0.207 e. The van der Waals surface area contributed by atoms with Crippen LogP contribution in [0.2, 0.25) is 0 Å². The largest absolute Gasteiger partial charge is 0.246 e. The Kier molecular flexibility index (Phi) is 3.92. The lowest BCUT2D eigenvalue weighted by Gasteiger charge is -2.34. The van der Waals surface area contributed by atoms with Gasteiger partial charge in [0.25, 0.3) is 0 Å². The lowest BCUT2D eigenvalue weighted by atomic mass is 9.94. The van der Waals surface area contributed by atoms with Crippen LogP contribution < -0.4 is 0 Å². The van der Waals surface area contributed by atoms with E-state index in [1.807, 2.05) is 13.8 Å². The van der Waals surface area contributed by atoms with Crippen LogP contribution in [0, 0.1) is 23.5 Å². The summed E-state index contributed by atoms with van der Waals surface area (Å²) in [6, 6.07) is 2.50. The normalized spacial score (nSPS) is 25.5. The van der Waals surface area contributed by atoms with Gasteiger partial charge < -0.3 is 0 Å². The van der Waals surface area contributed by atoms with Gasteiger partial charge in [0.15, 0.2) is 0 Å². The monoisotopic (exact) mass is 289 g/mol. The molecule has 1 aromatic rings. The summed E-state index contributed by atoms with van der Waals surface area (Å²) in [6.45, 7) is 4.62. The molecule has 0 aliphatic carbocycles. The van der Waals surface area contributed by atoms with Crippen LogP contribution in [0.15, 0.2) is 23.1 Å². The molecule has 106 valence electrons. The molecule has 0 aromatic heterocycles. The van der Waals surface area contributed by atoms with Crippen LogP contribution >= 0.6 is 0 Å². The second kappa shape index (κ2) is 5.17. The molecule has 1 aromatic carbocycles. The van der Waals surface area contributed by atoms with E-state index in [1.54, 1.807) is 0 Å². The minimum absolute atomic E-state index is 0.218. The molecule has 1 heterocycles. The second-order valence-corrected chi connectivity index (χ2v) is 7.25. The van der Waals surface area contributed by atoms with Crippen molar-refractivity contribution in [2.45, 2.75) is 25.2 Å². The molecular weight excluding hydrogens is 272 g/mol. The molecule has 3 nitrogen and oxygen atoms in total. The topological polar surface area (TPSA) is 37.4 Å². The highest BCUT2D eigenvalue weighted by Gasteiger charge is 2.33. The second-order valence-electron chi connectivity index (χ2n) is 5.34. The SMILES string of the molecule is C[C@H]1C[C@H](C)CN(S(=O)(=O)c2cc(F)ccc2F)C1. The molecule has 0 radical (unpaired) electrons. The van der Waals surface area contributed by atoms with E-state index in [9.17, 15) is 17.2 Å². The molecule has 0 amide bonds. The maximum absolute atomic E-state index is 13.6. The lowest BCUT2D eigenvalue weighted by molar-refractivity contribution is 0.222. The third kappa shape index (κ3) is 2.95. The zero-order chi connectivity index (χ0) is 14.2. The van der Waals surface area contributed by atoms with Crippen LogP contribution in [0.1, 0.15) is 20.3 Å². The Morgan fingerprint density at radius 2 is 1.74 bits per heavy atom. The van der Waals surface area contributed by atoms with Crippen molar-refractivity contribution in [3.63, 3.8) is 0 Å². The molecule has 1 aliphatic rings. The molecule has 0 N–H and O–H groups in total. The minimum atomic E-state index is -3.96. The van der Waals surface area contributed by atoms with Crippen LogP contribution in [-0.4, -0.2) is 25.8 Å². The van der Waals surface area contributed by atoms with Crippen molar-refractivity contribution in [3.8, 4) is 0 Å². The molecule has 1 aliphatic heterocycles. The summed E-state index contributed by atoms with van der Waals surface area (Å²) in [7, 11) is -3.96. The fourth-order valence-electron chi connectivity index (χ4n) is 2.62. The summed E-state index contributed by atoms with van der Waals surface area (Å²) >= 11 is 0. The van der Waals surface area contributed by atoms with E-state index < -0.39 is 26.6 Å². The third-order valence-electron chi connectivity index (χ3n) is 3.35. The number of rotatable bonds is 2. The average Bonchev–Trinajstić information content (AvgIpc) is 2.31. The summed E-state index contributed by atoms with van der Waals surface area (Å²) in [5, 5.41) is 0. The molecule has 0 spiro atoms. The predicted molar refractivity (Wildman–Crippen MR) is 68.1 cm³/mol. The Bertz CT molecular complexity index is 564. The summed E-state index contributed by atoms with van der Waals surface area (Å²) in [6.07, 6.45) is 0.942. The van der Waals surface area contributed by atoms with Gasteiger partial charge in [0.2, 0.25) is 10.0 Å². The molecular formula is C13H17F2NO2S. The fourth-order valence-corrected chi connectivity index (χ4v) is 4.37. The highest BCUT2D eigenvalue weighted by atomic mass is 32.2. The van der Waals surface area contributed by atoms with Gasteiger partial charge in [-0.05, 0) is 36.5 Å². The summed E-state index contributed by atoms with van der Waals surface area (Å²) in [5.74, 6) is -1.23. The Labute approximate surface area is 112 Å². The van der Waals surface area contributed by atoms with Gasteiger partial charge in [-0.15, -0.1) is 0 Å². The van der Waals surface area contributed by atoms with E-state index in [-0.39, 0.29) is 11.8 Å². The van der Waals surface area contributed by atoms with E-state index in [2.05, 4.69) is 0 Å². The summed E-state index contributed by atoms with van der Waals surface area (Å²) in [5.41, 5.74) is 0. The van der Waals surface area contributed by atoms with Gasteiger partial charge in [-0.3, -0.25) is 0 Å². The van der Waals surface area contributed by atoms with Gasteiger partial charge in [0.05, 0.1) is 0 Å². The highest BCUT2D eigenvalue weighted by molar-refractivity contribution is 7.89. The fraction of sp³-hybridized carbons (Fsp3) is 0.538. The summed E-state index contributed by atoms with van der Waals surface area (Å²) < 4.78 is 52.8. The van der Waals surface area contributed by atoms with Crippen molar-refractivity contribution in [1.29, 1.82) is 0 Å². The quantitative estimate of drug-likeness (QED) is 0.839.